The lowest BCUT2D eigenvalue weighted by Crippen LogP contribution is -2.22. The molecule has 1 amide bonds. The van der Waals surface area contributed by atoms with Gasteiger partial charge in [0.05, 0.1) is 5.25 Å². The first kappa shape index (κ1) is 15.5. The number of anilines is 2. The van der Waals surface area contributed by atoms with Gasteiger partial charge in [-0.25, -0.2) is 0 Å². The Morgan fingerprint density at radius 3 is 2.90 bits per heavy atom. The van der Waals surface area contributed by atoms with E-state index in [0.29, 0.717) is 6.54 Å². The van der Waals surface area contributed by atoms with E-state index in [1.54, 1.807) is 6.08 Å². The molecule has 0 fully saturated rings. The Morgan fingerprint density at radius 2 is 2.19 bits per heavy atom. The molecule has 1 heterocycles. The number of carbonyl (C=O) groups is 1. The van der Waals surface area contributed by atoms with Gasteiger partial charge in [0.2, 0.25) is 11.0 Å². The Balaban J connectivity index is 1.88. The number of aromatic nitrogens is 2. The molecule has 1 aromatic carbocycles. The van der Waals surface area contributed by atoms with Crippen LogP contribution < -0.4 is 10.6 Å². The van der Waals surface area contributed by atoms with Gasteiger partial charge in [0.25, 0.3) is 0 Å². The first-order chi connectivity index (χ1) is 10.2. The third-order valence-corrected chi connectivity index (χ3v) is 4.56. The molecule has 0 aliphatic rings. The molecule has 0 aliphatic carbocycles. The number of nitrogens with zero attached hydrogens (tertiary/aromatic N) is 2. The number of amides is 1. The van der Waals surface area contributed by atoms with E-state index in [-0.39, 0.29) is 11.2 Å². The van der Waals surface area contributed by atoms with Crippen molar-refractivity contribution in [1.82, 2.24) is 10.2 Å². The summed E-state index contributed by atoms with van der Waals surface area (Å²) < 4.78 is 0.761. The fraction of sp³-hybridized carbons (Fsp3) is 0.214. The SMILES string of the molecule is C=CCNc1nnc(S[C@@H](C)C(=O)Nc2ccccc2)s1. The van der Waals surface area contributed by atoms with Gasteiger partial charge in [0.1, 0.15) is 0 Å². The lowest BCUT2D eigenvalue weighted by molar-refractivity contribution is -0.115. The summed E-state index contributed by atoms with van der Waals surface area (Å²) in [4.78, 5) is 12.1. The van der Waals surface area contributed by atoms with Crippen molar-refractivity contribution in [3.63, 3.8) is 0 Å². The van der Waals surface area contributed by atoms with Crippen LogP contribution in [0.5, 0.6) is 0 Å². The van der Waals surface area contributed by atoms with E-state index in [0.717, 1.165) is 15.2 Å². The molecule has 5 nitrogen and oxygen atoms in total. The number of benzene rings is 1. The Labute approximate surface area is 131 Å². The molecule has 110 valence electrons. The number of nitrogens with one attached hydrogen (secondary N) is 2. The van der Waals surface area contributed by atoms with Gasteiger partial charge in [0, 0.05) is 12.2 Å². The highest BCUT2D eigenvalue weighted by Crippen LogP contribution is 2.29. The van der Waals surface area contributed by atoms with Crippen molar-refractivity contribution in [2.24, 2.45) is 0 Å². The van der Waals surface area contributed by atoms with Gasteiger partial charge >= 0.3 is 0 Å². The standard InChI is InChI=1S/C14H16N4OS2/c1-3-9-15-13-17-18-14(21-13)20-10(2)12(19)16-11-7-5-4-6-8-11/h3-8,10H,1,9H2,2H3,(H,15,17)(H,16,19)/t10-/m0/s1. The maximum Gasteiger partial charge on any atom is 0.237 e. The molecular formula is C14H16N4OS2. The molecule has 1 aromatic heterocycles. The van der Waals surface area contributed by atoms with Gasteiger partial charge in [-0.05, 0) is 19.1 Å². The molecule has 0 aliphatic heterocycles. The molecule has 2 rings (SSSR count). The first-order valence-electron chi connectivity index (χ1n) is 6.40. The summed E-state index contributed by atoms with van der Waals surface area (Å²) in [5.74, 6) is -0.0537. The minimum atomic E-state index is -0.245. The molecule has 0 bridgehead atoms. The van der Waals surface area contributed by atoms with E-state index in [4.69, 9.17) is 0 Å². The van der Waals surface area contributed by atoms with Gasteiger partial charge < -0.3 is 10.6 Å². The fourth-order valence-corrected chi connectivity index (χ4v) is 3.36. The van der Waals surface area contributed by atoms with Gasteiger partial charge in [-0.3, -0.25) is 4.79 Å². The van der Waals surface area contributed by atoms with Crippen molar-refractivity contribution in [3.8, 4) is 0 Å². The monoisotopic (exact) mass is 320 g/mol. The number of hydrogen-bond acceptors (Lipinski definition) is 6. The number of para-hydroxylation sites is 1. The van der Waals surface area contributed by atoms with Gasteiger partial charge in [-0.15, -0.1) is 16.8 Å². The van der Waals surface area contributed by atoms with Crippen LogP contribution in [0.3, 0.4) is 0 Å². The summed E-state index contributed by atoms with van der Waals surface area (Å²) in [5, 5.41) is 14.5. The number of hydrogen-bond donors (Lipinski definition) is 2. The molecule has 0 saturated carbocycles. The molecule has 1 atom stereocenters. The van der Waals surface area contributed by atoms with Crippen molar-refractivity contribution in [2.75, 3.05) is 17.2 Å². The summed E-state index contributed by atoms with van der Waals surface area (Å²) in [6.45, 7) is 6.12. The molecule has 0 saturated heterocycles. The van der Waals surface area contributed by atoms with Crippen LogP contribution in [0.25, 0.3) is 0 Å². The van der Waals surface area contributed by atoms with Crippen LogP contribution >= 0.6 is 23.1 Å². The van der Waals surface area contributed by atoms with Crippen LogP contribution in [0.2, 0.25) is 0 Å². The van der Waals surface area contributed by atoms with Crippen molar-refractivity contribution in [3.05, 3.63) is 43.0 Å². The molecule has 0 unspecified atom stereocenters. The van der Waals surface area contributed by atoms with E-state index in [2.05, 4.69) is 27.4 Å². The second-order valence-electron chi connectivity index (χ2n) is 4.16. The predicted octanol–water partition coefficient (Wildman–Crippen LogP) is 3.26. The Hall–Kier alpha value is -1.86. The van der Waals surface area contributed by atoms with E-state index in [9.17, 15) is 4.79 Å². The van der Waals surface area contributed by atoms with Crippen molar-refractivity contribution >= 4 is 39.8 Å². The van der Waals surface area contributed by atoms with E-state index in [1.165, 1.54) is 23.1 Å². The largest absolute Gasteiger partial charge is 0.357 e. The Morgan fingerprint density at radius 1 is 1.43 bits per heavy atom. The van der Waals surface area contributed by atoms with Crippen molar-refractivity contribution in [2.45, 2.75) is 16.5 Å². The smallest absolute Gasteiger partial charge is 0.237 e. The van der Waals surface area contributed by atoms with E-state index in [1.807, 2.05) is 37.3 Å². The second kappa shape index (κ2) is 7.80. The lowest BCUT2D eigenvalue weighted by atomic mass is 10.3. The van der Waals surface area contributed by atoms with Crippen LogP contribution in [-0.2, 0) is 4.79 Å². The lowest BCUT2D eigenvalue weighted by Gasteiger charge is -2.09. The zero-order valence-corrected chi connectivity index (χ0v) is 13.2. The summed E-state index contributed by atoms with van der Waals surface area (Å²) >= 11 is 2.82. The van der Waals surface area contributed by atoms with Crippen LogP contribution in [0, 0.1) is 0 Å². The maximum absolute atomic E-state index is 12.1. The van der Waals surface area contributed by atoms with E-state index < -0.39 is 0 Å². The Kier molecular flexibility index (Phi) is 5.77. The summed E-state index contributed by atoms with van der Waals surface area (Å²) in [6, 6.07) is 9.40. The first-order valence-corrected chi connectivity index (χ1v) is 8.09. The molecule has 21 heavy (non-hydrogen) atoms. The predicted molar refractivity (Wildman–Crippen MR) is 89.0 cm³/mol. The quantitative estimate of drug-likeness (QED) is 0.605. The normalized spacial score (nSPS) is 11.7. The molecule has 7 heteroatoms. The second-order valence-corrected chi connectivity index (χ2v) is 6.72. The van der Waals surface area contributed by atoms with Crippen LogP contribution in [0.15, 0.2) is 47.3 Å². The summed E-state index contributed by atoms with van der Waals surface area (Å²) in [6.07, 6.45) is 1.75. The average molecular weight is 320 g/mol. The van der Waals surface area contributed by atoms with Gasteiger partial charge in [0.15, 0.2) is 4.34 Å². The molecule has 0 spiro atoms. The maximum atomic E-state index is 12.1. The number of rotatable bonds is 7. The molecule has 2 N–H and O–H groups in total. The van der Waals surface area contributed by atoms with Crippen molar-refractivity contribution < 1.29 is 4.79 Å². The molecular weight excluding hydrogens is 304 g/mol. The third-order valence-electron chi connectivity index (χ3n) is 2.49. The topological polar surface area (TPSA) is 66.9 Å². The highest BCUT2D eigenvalue weighted by atomic mass is 32.2. The highest BCUT2D eigenvalue weighted by molar-refractivity contribution is 8.02. The minimum Gasteiger partial charge on any atom is -0.357 e. The summed E-state index contributed by atoms with van der Waals surface area (Å²) in [7, 11) is 0. The zero-order valence-electron chi connectivity index (χ0n) is 11.6. The third kappa shape index (κ3) is 4.87. The van der Waals surface area contributed by atoms with Crippen LogP contribution in [0.4, 0.5) is 10.8 Å². The van der Waals surface area contributed by atoms with Crippen LogP contribution in [-0.4, -0.2) is 27.9 Å². The summed E-state index contributed by atoms with van der Waals surface area (Å²) in [5.41, 5.74) is 0.792. The number of thioether (sulfide) groups is 1. The van der Waals surface area contributed by atoms with Gasteiger partial charge in [-0.1, -0.05) is 47.4 Å². The number of carbonyl (C=O) groups excluding carboxylic acids is 1. The fourth-order valence-electron chi connectivity index (χ4n) is 1.46. The van der Waals surface area contributed by atoms with Gasteiger partial charge in [-0.2, -0.15) is 0 Å². The average Bonchev–Trinajstić information content (AvgIpc) is 2.93. The van der Waals surface area contributed by atoms with E-state index >= 15 is 0 Å². The zero-order chi connectivity index (χ0) is 15.1. The molecule has 0 radical (unpaired) electrons. The highest BCUT2D eigenvalue weighted by Gasteiger charge is 2.17. The van der Waals surface area contributed by atoms with Crippen molar-refractivity contribution in [1.29, 1.82) is 0 Å². The Bertz CT molecular complexity index is 600. The molecule has 2 aromatic rings. The van der Waals surface area contributed by atoms with Crippen LogP contribution in [0.1, 0.15) is 6.92 Å². The minimum absolute atomic E-state index is 0.0537.